The Morgan fingerprint density at radius 3 is 2.44 bits per heavy atom. The molecular weight excluding hydrogens is 342 g/mol. The van der Waals surface area contributed by atoms with E-state index in [2.05, 4.69) is 5.32 Å². The second-order valence-electron chi connectivity index (χ2n) is 6.00. The number of hydrogen-bond donors (Lipinski definition) is 1. The third kappa shape index (κ3) is 3.69. The van der Waals surface area contributed by atoms with Gasteiger partial charge in [-0.05, 0) is 31.2 Å². The maximum atomic E-state index is 12.8. The lowest BCUT2D eigenvalue weighted by Gasteiger charge is -2.07. The lowest BCUT2D eigenvalue weighted by Crippen LogP contribution is -2.22. The predicted octanol–water partition coefficient (Wildman–Crippen LogP) is 3.14. The van der Waals surface area contributed by atoms with Crippen molar-refractivity contribution in [2.24, 2.45) is 7.05 Å². The standard InChI is InChI=1S/C21H21N3O3/c1-15-20(21(26)24(23(15)2)17-10-5-4-6-11-17)22-19(25)14-13-16-9-7-8-12-18(16)27-3/h4-14H,1-3H3,(H,22,25)/b14-13+. The lowest BCUT2D eigenvalue weighted by atomic mass is 10.2. The van der Waals surface area contributed by atoms with Crippen LogP contribution in [0.25, 0.3) is 11.8 Å². The van der Waals surface area contributed by atoms with Crippen LogP contribution in [0, 0.1) is 6.92 Å². The Labute approximate surface area is 157 Å². The summed E-state index contributed by atoms with van der Waals surface area (Å²) in [5, 5.41) is 2.70. The Morgan fingerprint density at radius 1 is 1.07 bits per heavy atom. The number of carbonyl (C=O) groups is 1. The summed E-state index contributed by atoms with van der Waals surface area (Å²) in [6.07, 6.45) is 3.04. The first-order chi connectivity index (χ1) is 13.0. The highest BCUT2D eigenvalue weighted by atomic mass is 16.5. The number of para-hydroxylation sites is 2. The van der Waals surface area contributed by atoms with Crippen molar-refractivity contribution in [3.63, 3.8) is 0 Å². The van der Waals surface area contributed by atoms with E-state index in [9.17, 15) is 9.59 Å². The van der Waals surface area contributed by atoms with Crippen LogP contribution in [-0.4, -0.2) is 22.4 Å². The fourth-order valence-corrected chi connectivity index (χ4v) is 2.85. The first-order valence-corrected chi connectivity index (χ1v) is 8.49. The summed E-state index contributed by atoms with van der Waals surface area (Å²) in [6.45, 7) is 1.79. The molecule has 2 aromatic carbocycles. The van der Waals surface area contributed by atoms with E-state index >= 15 is 0 Å². The zero-order valence-corrected chi connectivity index (χ0v) is 15.5. The van der Waals surface area contributed by atoms with Crippen LogP contribution in [0.2, 0.25) is 0 Å². The average Bonchev–Trinajstić information content (AvgIpc) is 2.90. The second kappa shape index (κ2) is 7.78. The number of benzene rings is 2. The van der Waals surface area contributed by atoms with Crippen molar-refractivity contribution in [2.75, 3.05) is 12.4 Å². The molecule has 1 heterocycles. The smallest absolute Gasteiger partial charge is 0.295 e. The van der Waals surface area contributed by atoms with Gasteiger partial charge in [0.05, 0.1) is 18.5 Å². The number of nitrogens with one attached hydrogen (secondary N) is 1. The van der Waals surface area contributed by atoms with Crippen LogP contribution >= 0.6 is 0 Å². The van der Waals surface area contributed by atoms with Crippen LogP contribution in [0.3, 0.4) is 0 Å². The van der Waals surface area contributed by atoms with Gasteiger partial charge in [-0.2, -0.15) is 0 Å². The molecule has 0 radical (unpaired) electrons. The highest BCUT2D eigenvalue weighted by Gasteiger charge is 2.17. The maximum Gasteiger partial charge on any atom is 0.295 e. The molecule has 0 unspecified atom stereocenters. The molecule has 1 N–H and O–H groups in total. The zero-order chi connectivity index (χ0) is 19.4. The fourth-order valence-electron chi connectivity index (χ4n) is 2.85. The third-order valence-corrected chi connectivity index (χ3v) is 4.36. The van der Waals surface area contributed by atoms with Crippen molar-refractivity contribution in [1.82, 2.24) is 9.36 Å². The van der Waals surface area contributed by atoms with Gasteiger partial charge in [0.25, 0.3) is 5.56 Å². The quantitative estimate of drug-likeness (QED) is 0.708. The van der Waals surface area contributed by atoms with Gasteiger partial charge in [0.1, 0.15) is 11.4 Å². The Kier molecular flexibility index (Phi) is 5.26. The summed E-state index contributed by atoms with van der Waals surface area (Å²) in [6, 6.07) is 16.7. The highest BCUT2D eigenvalue weighted by molar-refractivity contribution is 6.02. The number of aromatic nitrogens is 2. The molecule has 6 nitrogen and oxygen atoms in total. The van der Waals surface area contributed by atoms with Crippen molar-refractivity contribution in [1.29, 1.82) is 0 Å². The van der Waals surface area contributed by atoms with Crippen molar-refractivity contribution < 1.29 is 9.53 Å². The van der Waals surface area contributed by atoms with Gasteiger partial charge in [-0.1, -0.05) is 36.4 Å². The van der Waals surface area contributed by atoms with E-state index in [1.54, 1.807) is 31.8 Å². The Morgan fingerprint density at radius 2 is 1.74 bits per heavy atom. The molecule has 0 aliphatic carbocycles. The predicted molar refractivity (Wildman–Crippen MR) is 106 cm³/mol. The fraction of sp³-hybridized carbons (Fsp3) is 0.143. The number of ether oxygens (including phenoxy) is 1. The molecule has 0 bridgehead atoms. The molecule has 1 aromatic heterocycles. The molecule has 6 heteroatoms. The normalized spacial score (nSPS) is 10.9. The molecule has 0 saturated heterocycles. The molecule has 0 saturated carbocycles. The molecule has 0 aliphatic heterocycles. The van der Waals surface area contributed by atoms with Crippen molar-refractivity contribution in [3.8, 4) is 11.4 Å². The number of nitrogens with zero attached hydrogens (tertiary/aromatic N) is 2. The van der Waals surface area contributed by atoms with Gasteiger partial charge >= 0.3 is 0 Å². The van der Waals surface area contributed by atoms with Crippen molar-refractivity contribution in [3.05, 3.63) is 82.3 Å². The first kappa shape index (κ1) is 18.3. The zero-order valence-electron chi connectivity index (χ0n) is 15.5. The number of carbonyl (C=O) groups excluding carboxylic acids is 1. The minimum atomic E-state index is -0.382. The number of amides is 1. The van der Waals surface area contributed by atoms with Gasteiger partial charge in [0.2, 0.25) is 5.91 Å². The minimum Gasteiger partial charge on any atom is -0.496 e. The van der Waals surface area contributed by atoms with E-state index in [0.717, 1.165) is 11.3 Å². The molecule has 0 fully saturated rings. The van der Waals surface area contributed by atoms with Gasteiger partial charge in [-0.15, -0.1) is 0 Å². The van der Waals surface area contributed by atoms with Gasteiger partial charge in [0, 0.05) is 18.7 Å². The summed E-state index contributed by atoms with van der Waals surface area (Å²) in [5.74, 6) is 0.288. The molecule has 3 aromatic rings. The minimum absolute atomic E-state index is 0.260. The van der Waals surface area contributed by atoms with Gasteiger partial charge < -0.3 is 10.1 Å². The molecular formula is C21H21N3O3. The molecule has 27 heavy (non-hydrogen) atoms. The first-order valence-electron chi connectivity index (χ1n) is 8.49. The van der Waals surface area contributed by atoms with E-state index in [1.165, 1.54) is 10.8 Å². The van der Waals surface area contributed by atoms with Crippen molar-refractivity contribution in [2.45, 2.75) is 6.92 Å². The molecule has 1 amide bonds. The lowest BCUT2D eigenvalue weighted by molar-refractivity contribution is -0.111. The Hall–Kier alpha value is -3.54. The summed E-state index contributed by atoms with van der Waals surface area (Å²) in [5.41, 5.74) is 2.17. The Balaban J connectivity index is 1.87. The second-order valence-corrected chi connectivity index (χ2v) is 6.00. The summed E-state index contributed by atoms with van der Waals surface area (Å²) in [4.78, 5) is 25.2. The van der Waals surface area contributed by atoms with Crippen LogP contribution in [-0.2, 0) is 11.8 Å². The van der Waals surface area contributed by atoms with Crippen LogP contribution < -0.4 is 15.6 Å². The number of rotatable bonds is 5. The van der Waals surface area contributed by atoms with Crippen LogP contribution in [0.5, 0.6) is 5.75 Å². The maximum absolute atomic E-state index is 12.8. The SMILES string of the molecule is COc1ccccc1/C=C/C(=O)Nc1c(C)n(C)n(-c2ccccc2)c1=O. The third-order valence-electron chi connectivity index (χ3n) is 4.36. The highest BCUT2D eigenvalue weighted by Crippen LogP contribution is 2.19. The van der Waals surface area contributed by atoms with Gasteiger partial charge in [-0.3, -0.25) is 14.3 Å². The summed E-state index contributed by atoms with van der Waals surface area (Å²) >= 11 is 0. The number of methoxy groups -OCH3 is 1. The van der Waals surface area contributed by atoms with Crippen LogP contribution in [0.4, 0.5) is 5.69 Å². The number of anilines is 1. The van der Waals surface area contributed by atoms with E-state index < -0.39 is 0 Å². The van der Waals surface area contributed by atoms with E-state index in [4.69, 9.17) is 4.74 Å². The van der Waals surface area contributed by atoms with Gasteiger partial charge in [0.15, 0.2) is 0 Å². The summed E-state index contributed by atoms with van der Waals surface area (Å²) < 4.78 is 8.50. The van der Waals surface area contributed by atoms with E-state index in [-0.39, 0.29) is 17.2 Å². The van der Waals surface area contributed by atoms with Crippen LogP contribution in [0.1, 0.15) is 11.3 Å². The molecule has 0 aliphatic rings. The molecule has 0 atom stereocenters. The Bertz CT molecular complexity index is 1050. The monoisotopic (exact) mass is 363 g/mol. The van der Waals surface area contributed by atoms with Crippen molar-refractivity contribution >= 4 is 17.7 Å². The molecule has 138 valence electrons. The van der Waals surface area contributed by atoms with Crippen LogP contribution in [0.15, 0.2) is 65.5 Å². The molecule has 3 rings (SSSR count). The topological polar surface area (TPSA) is 65.3 Å². The average molecular weight is 363 g/mol. The summed E-state index contributed by atoms with van der Waals surface area (Å²) in [7, 11) is 3.36. The van der Waals surface area contributed by atoms with E-state index in [0.29, 0.717) is 11.4 Å². The number of hydrogen-bond acceptors (Lipinski definition) is 3. The van der Waals surface area contributed by atoms with E-state index in [1.807, 2.05) is 54.6 Å². The largest absolute Gasteiger partial charge is 0.496 e. The molecule has 0 spiro atoms. The van der Waals surface area contributed by atoms with Gasteiger partial charge in [-0.25, -0.2) is 4.68 Å².